The first-order valence-electron chi connectivity index (χ1n) is 5.83. The zero-order valence-electron chi connectivity index (χ0n) is 9.74. The molecule has 2 nitrogen and oxygen atoms in total. The molecule has 0 aromatic heterocycles. The zero-order valence-corrected chi connectivity index (χ0v) is 10.6. The van der Waals surface area contributed by atoms with Gasteiger partial charge in [-0.1, -0.05) is 17.7 Å². The van der Waals surface area contributed by atoms with Crippen LogP contribution in [0.25, 0.3) is 0 Å². The normalized spacial score (nSPS) is 17.6. The van der Waals surface area contributed by atoms with Crippen LogP contribution in [0.1, 0.15) is 24.0 Å². The lowest BCUT2D eigenvalue weighted by Gasteiger charge is -2.22. The standard InChI is InChI=1S/C13H19NOS/c1-10-2-3-13(11(8-10)9-14)16-12-4-6-15-7-5-12/h2-3,8,12H,4-7,9,14H2,1H3. The molecule has 1 aliphatic rings. The van der Waals surface area contributed by atoms with E-state index in [1.54, 1.807) is 0 Å². The van der Waals surface area contributed by atoms with Crippen LogP contribution < -0.4 is 5.73 Å². The maximum atomic E-state index is 5.79. The number of hydrogen-bond donors (Lipinski definition) is 1. The molecule has 1 aromatic rings. The summed E-state index contributed by atoms with van der Waals surface area (Å²) in [6, 6.07) is 6.57. The predicted octanol–water partition coefficient (Wildman–Crippen LogP) is 2.72. The zero-order chi connectivity index (χ0) is 11.4. The van der Waals surface area contributed by atoms with Crippen molar-refractivity contribution >= 4 is 11.8 Å². The van der Waals surface area contributed by atoms with E-state index in [1.165, 1.54) is 16.0 Å². The Morgan fingerprint density at radius 1 is 1.38 bits per heavy atom. The van der Waals surface area contributed by atoms with Crippen molar-refractivity contribution < 1.29 is 4.74 Å². The number of rotatable bonds is 3. The molecule has 2 rings (SSSR count). The van der Waals surface area contributed by atoms with E-state index in [4.69, 9.17) is 10.5 Å². The van der Waals surface area contributed by atoms with Gasteiger partial charge in [0, 0.05) is 29.9 Å². The Morgan fingerprint density at radius 2 is 2.12 bits per heavy atom. The van der Waals surface area contributed by atoms with Gasteiger partial charge in [0.15, 0.2) is 0 Å². The van der Waals surface area contributed by atoms with Crippen molar-refractivity contribution in [2.24, 2.45) is 5.73 Å². The van der Waals surface area contributed by atoms with Gasteiger partial charge in [0.25, 0.3) is 0 Å². The first kappa shape index (κ1) is 12.0. The Balaban J connectivity index is 2.07. The topological polar surface area (TPSA) is 35.2 Å². The third-order valence-electron chi connectivity index (χ3n) is 2.90. The van der Waals surface area contributed by atoms with Crippen LogP contribution in [0.4, 0.5) is 0 Å². The van der Waals surface area contributed by atoms with E-state index >= 15 is 0 Å². The van der Waals surface area contributed by atoms with E-state index < -0.39 is 0 Å². The van der Waals surface area contributed by atoms with Crippen molar-refractivity contribution in [3.8, 4) is 0 Å². The number of aryl methyl sites for hydroxylation is 1. The summed E-state index contributed by atoms with van der Waals surface area (Å²) in [5.41, 5.74) is 8.35. The number of ether oxygens (including phenoxy) is 1. The molecule has 1 aromatic carbocycles. The molecule has 88 valence electrons. The number of benzene rings is 1. The minimum atomic E-state index is 0.632. The second kappa shape index (κ2) is 5.71. The molecule has 1 fully saturated rings. The summed E-state index contributed by atoms with van der Waals surface area (Å²) < 4.78 is 5.38. The first-order chi connectivity index (χ1) is 7.79. The first-order valence-corrected chi connectivity index (χ1v) is 6.71. The van der Waals surface area contributed by atoms with Gasteiger partial charge in [0.1, 0.15) is 0 Å². The van der Waals surface area contributed by atoms with Crippen LogP contribution in [0.5, 0.6) is 0 Å². The fraction of sp³-hybridized carbons (Fsp3) is 0.538. The van der Waals surface area contributed by atoms with Crippen molar-refractivity contribution in [2.75, 3.05) is 13.2 Å². The molecule has 0 bridgehead atoms. The quantitative estimate of drug-likeness (QED) is 0.878. The van der Waals surface area contributed by atoms with Crippen LogP contribution in [0.3, 0.4) is 0 Å². The Hall–Kier alpha value is -0.510. The van der Waals surface area contributed by atoms with Crippen LogP contribution in [0.15, 0.2) is 23.1 Å². The monoisotopic (exact) mass is 237 g/mol. The second-order valence-corrected chi connectivity index (χ2v) is 5.59. The number of nitrogens with two attached hydrogens (primary N) is 1. The summed E-state index contributed by atoms with van der Waals surface area (Å²) in [5.74, 6) is 0. The van der Waals surface area contributed by atoms with Gasteiger partial charge in [-0.2, -0.15) is 0 Å². The molecule has 1 saturated heterocycles. The van der Waals surface area contributed by atoms with Gasteiger partial charge in [-0.15, -0.1) is 11.8 Å². The Morgan fingerprint density at radius 3 is 2.81 bits per heavy atom. The lowest BCUT2D eigenvalue weighted by Crippen LogP contribution is -2.17. The molecule has 3 heteroatoms. The van der Waals surface area contributed by atoms with Gasteiger partial charge >= 0.3 is 0 Å². The SMILES string of the molecule is Cc1ccc(SC2CCOCC2)c(CN)c1. The lowest BCUT2D eigenvalue weighted by atomic mass is 10.1. The van der Waals surface area contributed by atoms with Gasteiger partial charge in [-0.25, -0.2) is 0 Å². The summed E-state index contributed by atoms with van der Waals surface area (Å²) in [6.07, 6.45) is 2.31. The van der Waals surface area contributed by atoms with Crippen LogP contribution in [-0.2, 0) is 11.3 Å². The molecule has 0 atom stereocenters. The van der Waals surface area contributed by atoms with Crippen molar-refractivity contribution in [2.45, 2.75) is 36.5 Å². The van der Waals surface area contributed by atoms with E-state index in [2.05, 4.69) is 25.1 Å². The molecular weight excluding hydrogens is 218 g/mol. The van der Waals surface area contributed by atoms with Gasteiger partial charge < -0.3 is 10.5 Å². The molecule has 16 heavy (non-hydrogen) atoms. The highest BCUT2D eigenvalue weighted by Gasteiger charge is 2.16. The van der Waals surface area contributed by atoms with Crippen molar-refractivity contribution in [1.82, 2.24) is 0 Å². The lowest BCUT2D eigenvalue weighted by molar-refractivity contribution is 0.100. The minimum Gasteiger partial charge on any atom is -0.381 e. The molecule has 0 spiro atoms. The van der Waals surface area contributed by atoms with E-state index in [0.717, 1.165) is 26.1 Å². The average molecular weight is 237 g/mol. The van der Waals surface area contributed by atoms with Gasteiger partial charge in [-0.3, -0.25) is 0 Å². The van der Waals surface area contributed by atoms with Crippen molar-refractivity contribution in [3.05, 3.63) is 29.3 Å². The summed E-state index contributed by atoms with van der Waals surface area (Å²) in [6.45, 7) is 4.55. The molecule has 1 heterocycles. The molecule has 1 aliphatic heterocycles. The maximum Gasteiger partial charge on any atom is 0.0476 e. The van der Waals surface area contributed by atoms with E-state index in [-0.39, 0.29) is 0 Å². The summed E-state index contributed by atoms with van der Waals surface area (Å²) in [5, 5.41) is 0.696. The molecule has 2 N–H and O–H groups in total. The third-order valence-corrected chi connectivity index (χ3v) is 4.35. The number of thioether (sulfide) groups is 1. The predicted molar refractivity (Wildman–Crippen MR) is 68.8 cm³/mol. The van der Waals surface area contributed by atoms with E-state index in [1.807, 2.05) is 11.8 Å². The third kappa shape index (κ3) is 3.00. The Kier molecular flexibility index (Phi) is 4.27. The summed E-state index contributed by atoms with van der Waals surface area (Å²) in [4.78, 5) is 1.35. The Labute approximate surface area is 102 Å². The van der Waals surface area contributed by atoms with Crippen LogP contribution >= 0.6 is 11.8 Å². The minimum absolute atomic E-state index is 0.632. The molecule has 0 amide bonds. The van der Waals surface area contributed by atoms with Crippen LogP contribution in [0.2, 0.25) is 0 Å². The fourth-order valence-corrected chi connectivity index (χ4v) is 3.18. The van der Waals surface area contributed by atoms with Crippen LogP contribution in [-0.4, -0.2) is 18.5 Å². The van der Waals surface area contributed by atoms with Crippen molar-refractivity contribution in [3.63, 3.8) is 0 Å². The summed E-state index contributed by atoms with van der Waals surface area (Å²) in [7, 11) is 0. The Bertz CT molecular complexity index is 348. The van der Waals surface area contributed by atoms with Crippen molar-refractivity contribution in [1.29, 1.82) is 0 Å². The highest BCUT2D eigenvalue weighted by atomic mass is 32.2. The molecular formula is C13H19NOS. The molecule has 0 radical (unpaired) electrons. The highest BCUT2D eigenvalue weighted by Crippen LogP contribution is 2.32. The van der Waals surface area contributed by atoms with E-state index in [0.29, 0.717) is 11.8 Å². The van der Waals surface area contributed by atoms with E-state index in [9.17, 15) is 0 Å². The fourth-order valence-electron chi connectivity index (χ4n) is 1.96. The summed E-state index contributed by atoms with van der Waals surface area (Å²) >= 11 is 1.96. The largest absolute Gasteiger partial charge is 0.381 e. The van der Waals surface area contributed by atoms with Gasteiger partial charge in [0.05, 0.1) is 0 Å². The second-order valence-electron chi connectivity index (χ2n) is 4.24. The molecule has 0 unspecified atom stereocenters. The number of hydrogen-bond acceptors (Lipinski definition) is 3. The average Bonchev–Trinajstić information content (AvgIpc) is 2.33. The highest BCUT2D eigenvalue weighted by molar-refractivity contribution is 8.00. The maximum absolute atomic E-state index is 5.79. The van der Waals surface area contributed by atoms with Crippen LogP contribution in [0, 0.1) is 6.92 Å². The smallest absolute Gasteiger partial charge is 0.0476 e. The van der Waals surface area contributed by atoms with Gasteiger partial charge in [-0.05, 0) is 31.4 Å². The van der Waals surface area contributed by atoms with Gasteiger partial charge in [0.2, 0.25) is 0 Å². The molecule has 0 aliphatic carbocycles. The molecule has 0 saturated carbocycles.